The summed E-state index contributed by atoms with van der Waals surface area (Å²) in [6, 6.07) is 4.27. The van der Waals surface area contributed by atoms with E-state index < -0.39 is 0 Å². The van der Waals surface area contributed by atoms with Crippen LogP contribution >= 0.6 is 23.6 Å². The van der Waals surface area contributed by atoms with Gasteiger partial charge < -0.3 is 4.57 Å². The standard InChI is InChI=1S/C12H17N3S2/c1-4-10-13-14-11(16)15(10)8-12(2,3)9-6-5-7-17-9/h5-7H,4,8H2,1-3H3,(H,14,16). The Morgan fingerprint density at radius 1 is 1.53 bits per heavy atom. The first-order valence-corrected chi connectivity index (χ1v) is 7.01. The van der Waals surface area contributed by atoms with Gasteiger partial charge in [0.1, 0.15) is 5.82 Å². The molecule has 2 aromatic rings. The molecule has 0 aliphatic rings. The molecule has 2 heterocycles. The maximum atomic E-state index is 5.28. The van der Waals surface area contributed by atoms with Crippen LogP contribution in [0.2, 0.25) is 0 Å². The average Bonchev–Trinajstić information content (AvgIpc) is 2.90. The van der Waals surface area contributed by atoms with Crippen LogP contribution < -0.4 is 0 Å². The Hall–Kier alpha value is -0.940. The molecule has 0 saturated carbocycles. The van der Waals surface area contributed by atoms with Gasteiger partial charge in [0.15, 0.2) is 4.77 Å². The summed E-state index contributed by atoms with van der Waals surface area (Å²) in [5.74, 6) is 1.03. The topological polar surface area (TPSA) is 33.6 Å². The Labute approximate surface area is 111 Å². The summed E-state index contributed by atoms with van der Waals surface area (Å²) in [6.07, 6.45) is 0.896. The van der Waals surface area contributed by atoms with E-state index in [1.807, 2.05) is 0 Å². The van der Waals surface area contributed by atoms with Crippen molar-refractivity contribution in [3.8, 4) is 0 Å². The molecule has 0 saturated heterocycles. The van der Waals surface area contributed by atoms with E-state index in [0.717, 1.165) is 18.8 Å². The molecule has 0 radical (unpaired) electrons. The second-order valence-electron chi connectivity index (χ2n) is 4.75. The van der Waals surface area contributed by atoms with Crippen molar-refractivity contribution in [2.45, 2.75) is 39.2 Å². The first kappa shape index (κ1) is 12.5. The minimum atomic E-state index is 0.0835. The number of hydrogen-bond acceptors (Lipinski definition) is 3. The Morgan fingerprint density at radius 2 is 2.29 bits per heavy atom. The number of nitrogens with one attached hydrogen (secondary N) is 1. The molecule has 92 valence electrons. The van der Waals surface area contributed by atoms with Gasteiger partial charge in [-0.1, -0.05) is 26.8 Å². The van der Waals surface area contributed by atoms with Crippen molar-refractivity contribution >= 4 is 23.6 Å². The highest BCUT2D eigenvalue weighted by molar-refractivity contribution is 7.71. The van der Waals surface area contributed by atoms with Gasteiger partial charge in [0.25, 0.3) is 0 Å². The second kappa shape index (κ2) is 4.74. The fourth-order valence-corrected chi connectivity index (χ4v) is 2.98. The zero-order valence-corrected chi connectivity index (χ0v) is 12.0. The summed E-state index contributed by atoms with van der Waals surface area (Å²) >= 11 is 7.08. The number of aryl methyl sites for hydroxylation is 1. The first-order chi connectivity index (χ1) is 8.04. The number of thiophene rings is 1. The molecule has 0 aliphatic carbocycles. The molecular formula is C12H17N3S2. The van der Waals surface area contributed by atoms with E-state index in [9.17, 15) is 0 Å². The summed E-state index contributed by atoms with van der Waals surface area (Å²) in [7, 11) is 0. The lowest BCUT2D eigenvalue weighted by atomic mass is 9.91. The molecule has 0 spiro atoms. The largest absolute Gasteiger partial charge is 0.303 e. The molecule has 17 heavy (non-hydrogen) atoms. The molecule has 2 rings (SSSR count). The lowest BCUT2D eigenvalue weighted by Crippen LogP contribution is -2.24. The minimum absolute atomic E-state index is 0.0835. The van der Waals surface area contributed by atoms with Gasteiger partial charge in [-0.2, -0.15) is 5.10 Å². The third-order valence-electron chi connectivity index (χ3n) is 2.90. The molecule has 0 fully saturated rings. The van der Waals surface area contributed by atoms with Crippen LogP contribution in [0.15, 0.2) is 17.5 Å². The van der Waals surface area contributed by atoms with Gasteiger partial charge in [-0.3, -0.25) is 5.10 Å². The minimum Gasteiger partial charge on any atom is -0.303 e. The zero-order valence-electron chi connectivity index (χ0n) is 10.4. The number of H-pyrrole nitrogens is 1. The maximum Gasteiger partial charge on any atom is 0.195 e. The van der Waals surface area contributed by atoms with Crippen LogP contribution in [0, 0.1) is 4.77 Å². The van der Waals surface area contributed by atoms with Crippen molar-refractivity contribution < 1.29 is 0 Å². The van der Waals surface area contributed by atoms with Crippen molar-refractivity contribution in [2.75, 3.05) is 0 Å². The van der Waals surface area contributed by atoms with Crippen molar-refractivity contribution in [1.29, 1.82) is 0 Å². The molecule has 3 nitrogen and oxygen atoms in total. The molecule has 0 aliphatic heterocycles. The number of rotatable bonds is 4. The van der Waals surface area contributed by atoms with Gasteiger partial charge in [-0.15, -0.1) is 11.3 Å². The van der Waals surface area contributed by atoms with Gasteiger partial charge in [-0.05, 0) is 23.7 Å². The molecule has 5 heteroatoms. The molecule has 0 bridgehead atoms. The predicted octanol–water partition coefficient (Wildman–Crippen LogP) is 3.54. The smallest absolute Gasteiger partial charge is 0.195 e. The van der Waals surface area contributed by atoms with Gasteiger partial charge in [0.05, 0.1) is 0 Å². The molecule has 0 aromatic carbocycles. The van der Waals surface area contributed by atoms with Crippen molar-refractivity contribution in [2.24, 2.45) is 0 Å². The van der Waals surface area contributed by atoms with E-state index in [1.165, 1.54) is 4.88 Å². The van der Waals surface area contributed by atoms with E-state index in [4.69, 9.17) is 12.2 Å². The van der Waals surface area contributed by atoms with Crippen LogP contribution in [-0.4, -0.2) is 14.8 Å². The van der Waals surface area contributed by atoms with Gasteiger partial charge in [0, 0.05) is 23.3 Å². The van der Waals surface area contributed by atoms with Crippen LogP contribution in [0.1, 0.15) is 31.5 Å². The fraction of sp³-hybridized carbons (Fsp3) is 0.500. The molecule has 0 atom stereocenters. The van der Waals surface area contributed by atoms with E-state index >= 15 is 0 Å². The highest BCUT2D eigenvalue weighted by Crippen LogP contribution is 2.29. The summed E-state index contributed by atoms with van der Waals surface area (Å²) in [6.45, 7) is 7.45. The quantitative estimate of drug-likeness (QED) is 0.860. The summed E-state index contributed by atoms with van der Waals surface area (Å²) in [4.78, 5) is 1.38. The van der Waals surface area contributed by atoms with Crippen LogP contribution in [0.25, 0.3) is 0 Å². The van der Waals surface area contributed by atoms with Crippen molar-refractivity contribution in [3.05, 3.63) is 33.0 Å². The number of aromatic nitrogens is 3. The van der Waals surface area contributed by atoms with E-state index in [1.54, 1.807) is 11.3 Å². The monoisotopic (exact) mass is 267 g/mol. The summed E-state index contributed by atoms with van der Waals surface area (Å²) in [5.41, 5.74) is 0.0835. The van der Waals surface area contributed by atoms with E-state index in [2.05, 4.69) is 53.0 Å². The fourth-order valence-electron chi connectivity index (χ4n) is 1.92. The SMILES string of the molecule is CCc1n[nH]c(=S)n1CC(C)(C)c1cccs1. The first-order valence-electron chi connectivity index (χ1n) is 5.72. The van der Waals surface area contributed by atoms with Crippen LogP contribution in [-0.2, 0) is 18.4 Å². The van der Waals surface area contributed by atoms with E-state index in [-0.39, 0.29) is 5.41 Å². The van der Waals surface area contributed by atoms with Gasteiger partial charge >= 0.3 is 0 Å². The third kappa shape index (κ3) is 2.50. The zero-order chi connectivity index (χ0) is 12.5. The Morgan fingerprint density at radius 3 is 2.88 bits per heavy atom. The number of hydrogen-bond donors (Lipinski definition) is 1. The maximum absolute atomic E-state index is 5.28. The normalized spacial score (nSPS) is 11.9. The van der Waals surface area contributed by atoms with Crippen molar-refractivity contribution in [1.82, 2.24) is 14.8 Å². The van der Waals surface area contributed by atoms with Gasteiger partial charge in [0.2, 0.25) is 0 Å². The second-order valence-corrected chi connectivity index (χ2v) is 6.08. The molecule has 1 N–H and O–H groups in total. The highest BCUT2D eigenvalue weighted by atomic mass is 32.1. The molecule has 0 amide bonds. The van der Waals surface area contributed by atoms with E-state index in [0.29, 0.717) is 4.77 Å². The van der Waals surface area contributed by atoms with Gasteiger partial charge in [-0.25, -0.2) is 0 Å². The molecule has 2 aromatic heterocycles. The Bertz CT molecular complexity index is 534. The lowest BCUT2D eigenvalue weighted by Gasteiger charge is -2.24. The van der Waals surface area contributed by atoms with Crippen LogP contribution in [0.3, 0.4) is 0 Å². The Kier molecular flexibility index (Phi) is 3.49. The highest BCUT2D eigenvalue weighted by Gasteiger charge is 2.23. The Balaban J connectivity index is 2.32. The predicted molar refractivity (Wildman–Crippen MR) is 74.1 cm³/mol. The number of nitrogens with zero attached hydrogens (tertiary/aromatic N) is 2. The number of aromatic amines is 1. The third-order valence-corrected chi connectivity index (χ3v) is 4.44. The van der Waals surface area contributed by atoms with Crippen molar-refractivity contribution in [3.63, 3.8) is 0 Å². The summed E-state index contributed by atoms with van der Waals surface area (Å²) < 4.78 is 2.82. The summed E-state index contributed by atoms with van der Waals surface area (Å²) in [5, 5.41) is 9.24. The van der Waals surface area contributed by atoms with Crippen LogP contribution in [0.4, 0.5) is 0 Å². The molecular weight excluding hydrogens is 250 g/mol. The van der Waals surface area contributed by atoms with Crippen LogP contribution in [0.5, 0.6) is 0 Å². The molecule has 0 unspecified atom stereocenters. The average molecular weight is 267 g/mol. The lowest BCUT2D eigenvalue weighted by molar-refractivity contribution is 0.430.